The molecule has 3 N–H and O–H groups in total. The van der Waals surface area contributed by atoms with E-state index in [1.165, 1.54) is 11.3 Å². The molecule has 2 rings (SSSR count). The first-order valence-electron chi connectivity index (χ1n) is 6.67. The zero-order valence-electron chi connectivity index (χ0n) is 11.2. The van der Waals surface area contributed by atoms with Crippen LogP contribution in [0.3, 0.4) is 0 Å². The van der Waals surface area contributed by atoms with Gasteiger partial charge in [-0.05, 0) is 31.5 Å². The molecule has 0 saturated heterocycles. The fourth-order valence-corrected chi connectivity index (χ4v) is 2.52. The van der Waals surface area contributed by atoms with Crippen LogP contribution in [-0.2, 0) is 0 Å². The number of anilines is 1. The molecule has 0 saturated carbocycles. The van der Waals surface area contributed by atoms with Gasteiger partial charge < -0.3 is 11.1 Å². The Morgan fingerprint density at radius 3 is 2.90 bits per heavy atom. The largest absolute Gasteiger partial charge is 0.362 e. The van der Waals surface area contributed by atoms with Crippen molar-refractivity contribution >= 4 is 22.3 Å². The first-order valence-corrected chi connectivity index (χ1v) is 7.48. The molecule has 5 nitrogen and oxygen atoms in total. The number of aromatic nitrogens is 2. The van der Waals surface area contributed by atoms with Gasteiger partial charge in [-0.15, -0.1) is 0 Å². The summed E-state index contributed by atoms with van der Waals surface area (Å²) in [6.45, 7) is 1.59. The lowest BCUT2D eigenvalue weighted by Gasteiger charge is -2.01. The van der Waals surface area contributed by atoms with Crippen LogP contribution in [0.2, 0.25) is 0 Å². The fraction of sp³-hybridized carbons (Fsp3) is 0.357. The van der Waals surface area contributed by atoms with Gasteiger partial charge in [-0.25, -0.2) is 4.98 Å². The number of pyridine rings is 1. The van der Waals surface area contributed by atoms with Crippen molar-refractivity contribution in [2.75, 3.05) is 18.4 Å². The van der Waals surface area contributed by atoms with Crippen LogP contribution in [0.25, 0.3) is 0 Å². The molecule has 2 aromatic rings. The van der Waals surface area contributed by atoms with Crippen LogP contribution in [0, 0.1) is 0 Å². The number of hydrogen-bond donors (Lipinski definition) is 2. The minimum atomic E-state index is -0.0840. The monoisotopic (exact) mass is 290 g/mol. The molecule has 0 aliphatic heterocycles. The number of ketones is 1. The molecule has 0 aliphatic carbocycles. The Morgan fingerprint density at radius 2 is 2.15 bits per heavy atom. The van der Waals surface area contributed by atoms with Gasteiger partial charge in [0.1, 0.15) is 5.69 Å². The molecule has 6 heteroatoms. The van der Waals surface area contributed by atoms with E-state index in [1.807, 2.05) is 0 Å². The standard InChI is InChI=1S/C14H18N4OS/c15-7-3-1-4-9-17-14-18-10-12(20-14)13(19)11-6-2-5-8-16-11/h2,5-6,8,10H,1,3-4,7,9,15H2,(H,17,18). The van der Waals surface area contributed by atoms with Crippen LogP contribution >= 0.6 is 11.3 Å². The van der Waals surface area contributed by atoms with Crippen LogP contribution in [0.15, 0.2) is 30.6 Å². The fourth-order valence-electron chi connectivity index (χ4n) is 1.73. The molecule has 20 heavy (non-hydrogen) atoms. The smallest absolute Gasteiger partial charge is 0.222 e. The third kappa shape index (κ3) is 4.11. The lowest BCUT2D eigenvalue weighted by molar-refractivity contribution is 0.103. The topological polar surface area (TPSA) is 80.9 Å². The molecule has 0 spiro atoms. The second-order valence-corrected chi connectivity index (χ2v) is 5.38. The summed E-state index contributed by atoms with van der Waals surface area (Å²) in [6, 6.07) is 5.30. The van der Waals surface area contributed by atoms with Crippen LogP contribution in [0.1, 0.15) is 34.6 Å². The van der Waals surface area contributed by atoms with Crippen LogP contribution in [0.4, 0.5) is 5.13 Å². The number of nitrogens with one attached hydrogen (secondary N) is 1. The minimum Gasteiger partial charge on any atom is -0.362 e. The molecule has 0 aliphatic rings. The van der Waals surface area contributed by atoms with Gasteiger partial charge in [0.25, 0.3) is 0 Å². The predicted octanol–water partition coefficient (Wildman–Crippen LogP) is 2.31. The van der Waals surface area contributed by atoms with E-state index in [0.717, 1.165) is 37.5 Å². The number of carbonyl (C=O) groups is 1. The number of thiazole rings is 1. The predicted molar refractivity (Wildman–Crippen MR) is 81.2 cm³/mol. The van der Waals surface area contributed by atoms with E-state index in [1.54, 1.807) is 30.6 Å². The quantitative estimate of drug-likeness (QED) is 0.576. The minimum absolute atomic E-state index is 0.0840. The number of unbranched alkanes of at least 4 members (excludes halogenated alkanes) is 2. The van der Waals surface area contributed by atoms with Crippen LogP contribution in [0.5, 0.6) is 0 Å². The van der Waals surface area contributed by atoms with E-state index >= 15 is 0 Å². The van der Waals surface area contributed by atoms with E-state index in [2.05, 4.69) is 15.3 Å². The molecular weight excluding hydrogens is 272 g/mol. The first-order chi connectivity index (χ1) is 9.81. The second-order valence-electron chi connectivity index (χ2n) is 4.35. The van der Waals surface area contributed by atoms with Crippen molar-refractivity contribution in [2.24, 2.45) is 5.73 Å². The van der Waals surface area contributed by atoms with Crippen LogP contribution < -0.4 is 11.1 Å². The van der Waals surface area contributed by atoms with Crippen molar-refractivity contribution < 1.29 is 4.79 Å². The maximum Gasteiger partial charge on any atom is 0.222 e. The van der Waals surface area contributed by atoms with E-state index in [0.29, 0.717) is 10.6 Å². The van der Waals surface area contributed by atoms with Crippen molar-refractivity contribution in [2.45, 2.75) is 19.3 Å². The second kappa shape index (κ2) is 7.72. The average molecular weight is 290 g/mol. The number of carbonyl (C=O) groups excluding carboxylic acids is 1. The van der Waals surface area contributed by atoms with Crippen molar-refractivity contribution in [3.05, 3.63) is 41.2 Å². The normalized spacial score (nSPS) is 10.4. The third-order valence-electron chi connectivity index (χ3n) is 2.78. The van der Waals surface area contributed by atoms with Gasteiger partial charge in [-0.2, -0.15) is 0 Å². The number of nitrogens with two attached hydrogens (primary N) is 1. The number of hydrogen-bond acceptors (Lipinski definition) is 6. The number of rotatable bonds is 8. The Hall–Kier alpha value is -1.79. The summed E-state index contributed by atoms with van der Waals surface area (Å²) in [7, 11) is 0. The summed E-state index contributed by atoms with van der Waals surface area (Å²) in [5.41, 5.74) is 5.89. The highest BCUT2D eigenvalue weighted by Gasteiger charge is 2.13. The van der Waals surface area contributed by atoms with Gasteiger partial charge in [0.05, 0.1) is 11.1 Å². The molecule has 0 aromatic carbocycles. The zero-order chi connectivity index (χ0) is 14.2. The molecule has 0 bridgehead atoms. The van der Waals surface area contributed by atoms with Crippen LogP contribution in [-0.4, -0.2) is 28.8 Å². The van der Waals surface area contributed by atoms with Crippen molar-refractivity contribution in [1.82, 2.24) is 9.97 Å². The molecule has 0 unspecified atom stereocenters. The lowest BCUT2D eigenvalue weighted by atomic mass is 10.2. The average Bonchev–Trinajstić information content (AvgIpc) is 2.96. The van der Waals surface area contributed by atoms with Gasteiger partial charge in [0, 0.05) is 12.7 Å². The molecular formula is C14H18N4OS. The highest BCUT2D eigenvalue weighted by Crippen LogP contribution is 2.20. The molecule has 0 amide bonds. The number of nitrogens with zero attached hydrogens (tertiary/aromatic N) is 2. The van der Waals surface area contributed by atoms with E-state index < -0.39 is 0 Å². The summed E-state index contributed by atoms with van der Waals surface area (Å²) >= 11 is 1.36. The molecule has 0 fully saturated rings. The van der Waals surface area contributed by atoms with Gasteiger partial charge in [0.2, 0.25) is 5.78 Å². The zero-order valence-corrected chi connectivity index (χ0v) is 12.0. The molecule has 0 radical (unpaired) electrons. The summed E-state index contributed by atoms with van der Waals surface area (Å²) < 4.78 is 0. The summed E-state index contributed by atoms with van der Waals surface area (Å²) in [5, 5.41) is 4.00. The Bertz CT molecular complexity index is 541. The Kier molecular flexibility index (Phi) is 5.64. The van der Waals surface area contributed by atoms with Gasteiger partial charge in [-0.1, -0.05) is 23.8 Å². The highest BCUT2D eigenvalue weighted by molar-refractivity contribution is 7.17. The van der Waals surface area contributed by atoms with Crippen molar-refractivity contribution in [3.63, 3.8) is 0 Å². The molecule has 2 aromatic heterocycles. The van der Waals surface area contributed by atoms with Crippen molar-refractivity contribution in [3.8, 4) is 0 Å². The molecule has 0 atom stereocenters. The Balaban J connectivity index is 1.87. The Labute approximate surface area is 122 Å². The maximum absolute atomic E-state index is 12.1. The van der Waals surface area contributed by atoms with E-state index in [-0.39, 0.29) is 5.78 Å². The summed E-state index contributed by atoms with van der Waals surface area (Å²) in [5.74, 6) is -0.0840. The van der Waals surface area contributed by atoms with E-state index in [4.69, 9.17) is 5.73 Å². The van der Waals surface area contributed by atoms with Gasteiger partial charge in [-0.3, -0.25) is 9.78 Å². The summed E-state index contributed by atoms with van der Waals surface area (Å²) in [4.78, 5) is 21.0. The summed E-state index contributed by atoms with van der Waals surface area (Å²) in [6.07, 6.45) is 6.42. The van der Waals surface area contributed by atoms with Crippen molar-refractivity contribution in [1.29, 1.82) is 0 Å². The maximum atomic E-state index is 12.1. The Morgan fingerprint density at radius 1 is 1.25 bits per heavy atom. The SMILES string of the molecule is NCCCCCNc1ncc(C(=O)c2ccccn2)s1. The molecule has 106 valence electrons. The molecule has 2 heterocycles. The third-order valence-corrected chi connectivity index (χ3v) is 3.74. The van der Waals surface area contributed by atoms with Gasteiger partial charge in [0.15, 0.2) is 5.13 Å². The first kappa shape index (κ1) is 14.6. The highest BCUT2D eigenvalue weighted by atomic mass is 32.1. The van der Waals surface area contributed by atoms with Gasteiger partial charge >= 0.3 is 0 Å². The lowest BCUT2D eigenvalue weighted by Crippen LogP contribution is -2.03. The van der Waals surface area contributed by atoms with E-state index in [9.17, 15) is 4.79 Å².